The van der Waals surface area contributed by atoms with Crippen molar-refractivity contribution in [1.29, 1.82) is 0 Å². The summed E-state index contributed by atoms with van der Waals surface area (Å²) < 4.78 is 16.7. The van der Waals surface area contributed by atoms with E-state index in [-0.39, 0.29) is 41.6 Å². The molecule has 1 aliphatic carbocycles. The quantitative estimate of drug-likeness (QED) is 0.496. The van der Waals surface area contributed by atoms with E-state index >= 15 is 0 Å². The van der Waals surface area contributed by atoms with Crippen LogP contribution in [0, 0.1) is 15.9 Å². The zero-order valence-electron chi connectivity index (χ0n) is 17.0. The number of amides is 1. The van der Waals surface area contributed by atoms with E-state index in [0.717, 1.165) is 18.9 Å². The molecule has 2 heterocycles. The number of carboxylic acids is 1. The summed E-state index contributed by atoms with van der Waals surface area (Å²) in [5.74, 6) is -2.27. The first-order chi connectivity index (χ1) is 15.3. The summed E-state index contributed by atoms with van der Waals surface area (Å²) in [5.41, 5.74) is -0.348. The highest BCUT2D eigenvalue weighted by Crippen LogP contribution is 2.38. The number of hydrogen-bond donors (Lipinski definition) is 1. The van der Waals surface area contributed by atoms with Gasteiger partial charge in [0.05, 0.1) is 17.6 Å². The Bertz CT molecular complexity index is 1150. The second-order valence-electron chi connectivity index (χ2n) is 7.81. The molecule has 1 aliphatic heterocycles. The first-order valence-electron chi connectivity index (χ1n) is 10.2. The van der Waals surface area contributed by atoms with Gasteiger partial charge >= 0.3 is 5.97 Å². The van der Waals surface area contributed by atoms with Crippen molar-refractivity contribution >= 4 is 28.5 Å². The van der Waals surface area contributed by atoms with E-state index in [2.05, 4.69) is 4.84 Å². The number of hydrogen-bond acceptors (Lipinski definition) is 7. The lowest BCUT2D eigenvalue weighted by Gasteiger charge is -2.36. The van der Waals surface area contributed by atoms with Crippen LogP contribution in [-0.4, -0.2) is 64.3 Å². The van der Waals surface area contributed by atoms with Crippen molar-refractivity contribution in [2.75, 3.05) is 37.7 Å². The van der Waals surface area contributed by atoms with Crippen molar-refractivity contribution < 1.29 is 29.0 Å². The van der Waals surface area contributed by atoms with Gasteiger partial charge in [0.2, 0.25) is 11.3 Å². The molecule has 0 radical (unpaired) electrons. The third-order valence-electron chi connectivity index (χ3n) is 5.76. The standard InChI is InChI=1S/C20H21FN4O7/c21-15-9-13-16(24(12-1-2-12)11-14(19(13)27)20(28)29)10-17(15)22-4-6-23(7-5-22)18(26)3-8-32-25(30)31/h9-12H,1-8H2,(H,28,29). The number of benzene rings is 1. The van der Waals surface area contributed by atoms with Crippen molar-refractivity contribution in [2.45, 2.75) is 25.3 Å². The Morgan fingerprint density at radius 2 is 1.91 bits per heavy atom. The number of anilines is 1. The molecular formula is C20H21FN4O7. The highest BCUT2D eigenvalue weighted by atomic mass is 19.1. The van der Waals surface area contributed by atoms with Crippen LogP contribution in [-0.2, 0) is 9.63 Å². The maximum Gasteiger partial charge on any atom is 0.341 e. The number of halogens is 1. The summed E-state index contributed by atoms with van der Waals surface area (Å²) >= 11 is 0. The van der Waals surface area contributed by atoms with Gasteiger partial charge in [-0.3, -0.25) is 9.59 Å². The van der Waals surface area contributed by atoms with Crippen LogP contribution in [0.25, 0.3) is 10.9 Å². The smallest absolute Gasteiger partial charge is 0.341 e. The van der Waals surface area contributed by atoms with Crippen LogP contribution >= 0.6 is 0 Å². The summed E-state index contributed by atoms with van der Waals surface area (Å²) in [6.07, 6.45) is 2.91. The van der Waals surface area contributed by atoms with Crippen LogP contribution < -0.4 is 10.3 Å². The molecule has 1 amide bonds. The monoisotopic (exact) mass is 448 g/mol. The summed E-state index contributed by atoms with van der Waals surface area (Å²) in [6, 6.07) is 2.73. The van der Waals surface area contributed by atoms with Gasteiger partial charge in [-0.25, -0.2) is 9.18 Å². The lowest BCUT2D eigenvalue weighted by molar-refractivity contribution is -0.757. The molecule has 1 aromatic heterocycles. The Kier molecular flexibility index (Phi) is 5.68. The summed E-state index contributed by atoms with van der Waals surface area (Å²) in [4.78, 5) is 53.9. The van der Waals surface area contributed by atoms with Crippen LogP contribution in [0.1, 0.15) is 35.7 Å². The van der Waals surface area contributed by atoms with Gasteiger partial charge in [-0.15, -0.1) is 10.1 Å². The Balaban J connectivity index is 1.56. The highest BCUT2D eigenvalue weighted by molar-refractivity contribution is 5.93. The number of nitrogens with zero attached hydrogens (tertiary/aromatic N) is 4. The van der Waals surface area contributed by atoms with Gasteiger partial charge in [0.25, 0.3) is 5.09 Å². The topological polar surface area (TPSA) is 135 Å². The van der Waals surface area contributed by atoms with E-state index in [4.69, 9.17) is 0 Å². The molecule has 2 aromatic rings. The van der Waals surface area contributed by atoms with Gasteiger partial charge in [-0.05, 0) is 25.0 Å². The van der Waals surface area contributed by atoms with Crippen LogP contribution in [0.2, 0.25) is 0 Å². The van der Waals surface area contributed by atoms with Gasteiger partial charge in [-0.1, -0.05) is 0 Å². The van der Waals surface area contributed by atoms with Gasteiger partial charge in [0.15, 0.2) is 0 Å². The molecule has 2 fully saturated rings. The lowest BCUT2D eigenvalue weighted by atomic mass is 10.1. The van der Waals surface area contributed by atoms with E-state index in [0.29, 0.717) is 31.7 Å². The van der Waals surface area contributed by atoms with Crippen LogP contribution in [0.15, 0.2) is 23.1 Å². The average Bonchev–Trinajstić information content (AvgIpc) is 3.59. The predicted molar refractivity (Wildman–Crippen MR) is 110 cm³/mol. The Morgan fingerprint density at radius 1 is 1.22 bits per heavy atom. The molecule has 11 nitrogen and oxygen atoms in total. The summed E-state index contributed by atoms with van der Waals surface area (Å²) in [7, 11) is 0. The fraction of sp³-hybridized carbons (Fsp3) is 0.450. The summed E-state index contributed by atoms with van der Waals surface area (Å²) in [6.45, 7) is 0.975. The van der Waals surface area contributed by atoms with Gasteiger partial charge in [0, 0.05) is 43.8 Å². The van der Waals surface area contributed by atoms with Crippen LogP contribution in [0.5, 0.6) is 0 Å². The summed E-state index contributed by atoms with van der Waals surface area (Å²) in [5, 5.41) is 18.6. The zero-order valence-corrected chi connectivity index (χ0v) is 17.0. The van der Waals surface area contributed by atoms with Crippen molar-refractivity contribution in [1.82, 2.24) is 9.47 Å². The Hall–Kier alpha value is -3.70. The minimum Gasteiger partial charge on any atom is -0.477 e. The molecule has 12 heteroatoms. The van der Waals surface area contributed by atoms with Crippen molar-refractivity contribution in [3.05, 3.63) is 50.0 Å². The van der Waals surface area contributed by atoms with Gasteiger partial charge in [0.1, 0.15) is 18.0 Å². The molecule has 170 valence electrons. The molecule has 0 atom stereocenters. The number of aromatic nitrogens is 1. The van der Waals surface area contributed by atoms with Crippen LogP contribution in [0.4, 0.5) is 10.1 Å². The number of aromatic carboxylic acids is 1. The SMILES string of the molecule is O=C(O)c1cn(C2CC2)c2cc(N3CCN(C(=O)CCO[N+](=O)[O-])CC3)c(F)cc2c1=O. The van der Waals surface area contributed by atoms with Gasteiger partial charge in [-0.2, -0.15) is 0 Å². The van der Waals surface area contributed by atoms with Gasteiger partial charge < -0.3 is 24.3 Å². The average molecular weight is 448 g/mol. The van der Waals surface area contributed by atoms with E-state index < -0.39 is 22.3 Å². The second kappa shape index (κ2) is 8.44. The molecule has 0 bridgehead atoms. The molecule has 1 saturated heterocycles. The minimum absolute atomic E-state index is 0.0256. The second-order valence-corrected chi connectivity index (χ2v) is 7.81. The molecule has 1 saturated carbocycles. The Morgan fingerprint density at radius 3 is 2.50 bits per heavy atom. The Labute approximate surface area is 180 Å². The number of carboxylic acid groups (broad SMARTS) is 1. The number of carbonyl (C=O) groups is 2. The fourth-order valence-corrected chi connectivity index (χ4v) is 3.97. The predicted octanol–water partition coefficient (Wildman–Crippen LogP) is 1.42. The number of piperazine rings is 1. The molecule has 2 aliphatic rings. The maximum absolute atomic E-state index is 15.0. The van der Waals surface area contributed by atoms with Crippen molar-refractivity contribution in [3.63, 3.8) is 0 Å². The highest BCUT2D eigenvalue weighted by Gasteiger charge is 2.29. The largest absolute Gasteiger partial charge is 0.477 e. The fourth-order valence-electron chi connectivity index (χ4n) is 3.97. The van der Waals surface area contributed by atoms with E-state index in [1.807, 2.05) is 0 Å². The maximum atomic E-state index is 15.0. The molecule has 1 aromatic carbocycles. The van der Waals surface area contributed by atoms with Crippen LogP contribution in [0.3, 0.4) is 0 Å². The lowest BCUT2D eigenvalue weighted by Crippen LogP contribution is -2.49. The normalized spacial score (nSPS) is 16.3. The number of carbonyl (C=O) groups excluding carboxylic acids is 1. The molecule has 1 N–H and O–H groups in total. The van der Waals surface area contributed by atoms with E-state index in [1.165, 1.54) is 11.1 Å². The number of fused-ring (bicyclic) bond motifs is 1. The minimum atomic E-state index is -1.35. The third kappa shape index (κ3) is 4.20. The first kappa shape index (κ1) is 21.5. The molecule has 0 spiro atoms. The van der Waals surface area contributed by atoms with Crippen molar-refractivity contribution in [2.24, 2.45) is 0 Å². The number of pyridine rings is 1. The first-order valence-corrected chi connectivity index (χ1v) is 10.2. The number of rotatable bonds is 7. The zero-order chi connectivity index (χ0) is 23.0. The molecule has 32 heavy (non-hydrogen) atoms. The molecular weight excluding hydrogens is 427 g/mol. The van der Waals surface area contributed by atoms with E-state index in [9.17, 15) is 34.0 Å². The van der Waals surface area contributed by atoms with E-state index in [1.54, 1.807) is 15.5 Å². The molecule has 4 rings (SSSR count). The molecule has 0 unspecified atom stereocenters. The van der Waals surface area contributed by atoms with Crippen molar-refractivity contribution in [3.8, 4) is 0 Å². The third-order valence-corrected chi connectivity index (χ3v) is 5.76.